The molecular weight excluding hydrogens is 332 g/mol. The van der Waals surface area contributed by atoms with Gasteiger partial charge in [0.15, 0.2) is 12.0 Å². The Balaban J connectivity index is 0.00000208. The average Bonchev–Trinajstić information content (AvgIpc) is 3.01. The summed E-state index contributed by atoms with van der Waals surface area (Å²) >= 11 is 0. The second-order valence-electron chi connectivity index (χ2n) is 5.21. The highest BCUT2D eigenvalue weighted by molar-refractivity contribution is 6.02. The second kappa shape index (κ2) is 7.81. The van der Waals surface area contributed by atoms with Crippen LogP contribution in [0.1, 0.15) is 15.9 Å². The van der Waals surface area contributed by atoms with Gasteiger partial charge in [0.2, 0.25) is 0 Å². The molecule has 126 valence electrons. The summed E-state index contributed by atoms with van der Waals surface area (Å²) in [5.41, 5.74) is 7.81. The van der Waals surface area contributed by atoms with Crippen LogP contribution < -0.4 is 10.5 Å². The SMILES string of the molecule is Cl.N[C@@H](COc1ccc2ncoc2c1C(=O)O)Cc1ccccc1. The van der Waals surface area contributed by atoms with Gasteiger partial charge in [-0.2, -0.15) is 0 Å². The van der Waals surface area contributed by atoms with Crippen LogP contribution in [0.2, 0.25) is 0 Å². The van der Waals surface area contributed by atoms with Crippen LogP contribution in [0.15, 0.2) is 53.3 Å². The summed E-state index contributed by atoms with van der Waals surface area (Å²) in [6, 6.07) is 12.8. The molecule has 0 aliphatic heterocycles. The van der Waals surface area contributed by atoms with E-state index in [-0.39, 0.29) is 42.0 Å². The Morgan fingerprint density at radius 3 is 2.71 bits per heavy atom. The molecule has 0 unspecified atom stereocenters. The summed E-state index contributed by atoms with van der Waals surface area (Å²) < 4.78 is 10.8. The molecule has 3 rings (SSSR count). The molecule has 1 atom stereocenters. The number of carboxylic acids is 1. The summed E-state index contributed by atoms with van der Waals surface area (Å²) in [7, 11) is 0. The summed E-state index contributed by atoms with van der Waals surface area (Å²) in [5, 5.41) is 9.38. The van der Waals surface area contributed by atoms with Gasteiger partial charge in [-0.3, -0.25) is 0 Å². The zero-order chi connectivity index (χ0) is 16.2. The largest absolute Gasteiger partial charge is 0.491 e. The highest BCUT2D eigenvalue weighted by Gasteiger charge is 2.19. The summed E-state index contributed by atoms with van der Waals surface area (Å²) in [6.07, 6.45) is 1.86. The van der Waals surface area contributed by atoms with Gasteiger partial charge in [0, 0.05) is 6.04 Å². The highest BCUT2D eigenvalue weighted by Crippen LogP contribution is 2.27. The molecule has 0 radical (unpaired) electrons. The third-order valence-corrected chi connectivity index (χ3v) is 3.47. The summed E-state index contributed by atoms with van der Waals surface area (Å²) in [4.78, 5) is 15.4. The van der Waals surface area contributed by atoms with Crippen LogP contribution in [-0.4, -0.2) is 28.7 Å². The van der Waals surface area contributed by atoms with Crippen molar-refractivity contribution in [2.45, 2.75) is 12.5 Å². The number of hydrogen-bond acceptors (Lipinski definition) is 5. The molecule has 2 aromatic carbocycles. The first-order valence-corrected chi connectivity index (χ1v) is 7.17. The lowest BCUT2D eigenvalue weighted by atomic mass is 10.1. The molecule has 3 aromatic rings. The Morgan fingerprint density at radius 2 is 2.00 bits per heavy atom. The maximum absolute atomic E-state index is 11.5. The normalized spacial score (nSPS) is 11.7. The van der Waals surface area contributed by atoms with Crippen molar-refractivity contribution in [2.75, 3.05) is 6.61 Å². The van der Waals surface area contributed by atoms with Crippen LogP contribution in [-0.2, 0) is 6.42 Å². The number of carbonyl (C=O) groups is 1. The first-order chi connectivity index (χ1) is 11.1. The molecule has 0 aliphatic carbocycles. The summed E-state index contributed by atoms with van der Waals surface area (Å²) in [5.74, 6) is -0.899. The van der Waals surface area contributed by atoms with E-state index in [9.17, 15) is 9.90 Å². The van der Waals surface area contributed by atoms with Gasteiger partial charge in [0.1, 0.15) is 23.4 Å². The van der Waals surface area contributed by atoms with Crippen molar-refractivity contribution < 1.29 is 19.1 Å². The Kier molecular flexibility index (Phi) is 5.78. The van der Waals surface area contributed by atoms with E-state index in [0.717, 1.165) is 5.56 Å². The second-order valence-corrected chi connectivity index (χ2v) is 5.21. The van der Waals surface area contributed by atoms with Crippen molar-refractivity contribution >= 4 is 29.5 Å². The lowest BCUT2D eigenvalue weighted by Gasteiger charge is -2.14. The van der Waals surface area contributed by atoms with E-state index < -0.39 is 5.97 Å². The van der Waals surface area contributed by atoms with E-state index in [4.69, 9.17) is 14.9 Å². The highest BCUT2D eigenvalue weighted by atomic mass is 35.5. The predicted molar refractivity (Wildman–Crippen MR) is 91.8 cm³/mol. The Bertz CT molecular complexity index is 820. The number of ether oxygens (including phenoxy) is 1. The van der Waals surface area contributed by atoms with Crippen molar-refractivity contribution in [2.24, 2.45) is 5.73 Å². The van der Waals surface area contributed by atoms with Crippen molar-refractivity contribution in [3.63, 3.8) is 0 Å². The smallest absolute Gasteiger partial charge is 0.343 e. The monoisotopic (exact) mass is 348 g/mol. The number of aromatic nitrogens is 1. The van der Waals surface area contributed by atoms with Gasteiger partial charge in [-0.05, 0) is 24.1 Å². The van der Waals surface area contributed by atoms with Crippen LogP contribution in [0.5, 0.6) is 5.75 Å². The molecule has 24 heavy (non-hydrogen) atoms. The third-order valence-electron chi connectivity index (χ3n) is 3.47. The zero-order valence-corrected chi connectivity index (χ0v) is 13.5. The Hall–Kier alpha value is -2.57. The minimum Gasteiger partial charge on any atom is -0.491 e. The lowest BCUT2D eigenvalue weighted by molar-refractivity contribution is 0.0693. The number of nitrogens with zero attached hydrogens (tertiary/aromatic N) is 1. The van der Waals surface area contributed by atoms with Crippen molar-refractivity contribution in [3.05, 3.63) is 60.0 Å². The number of aromatic carboxylic acids is 1. The van der Waals surface area contributed by atoms with E-state index in [1.165, 1.54) is 6.39 Å². The van der Waals surface area contributed by atoms with Gasteiger partial charge in [0.25, 0.3) is 0 Å². The van der Waals surface area contributed by atoms with Gasteiger partial charge in [-0.25, -0.2) is 9.78 Å². The van der Waals surface area contributed by atoms with Crippen molar-refractivity contribution in [1.29, 1.82) is 0 Å². The number of carboxylic acid groups (broad SMARTS) is 1. The molecule has 3 N–H and O–H groups in total. The number of fused-ring (bicyclic) bond motifs is 1. The molecule has 1 aromatic heterocycles. The van der Waals surface area contributed by atoms with E-state index >= 15 is 0 Å². The van der Waals surface area contributed by atoms with Crippen LogP contribution in [0.3, 0.4) is 0 Å². The standard InChI is InChI=1S/C17H16N2O4.ClH/c18-12(8-11-4-2-1-3-5-11)9-22-14-7-6-13-16(23-10-19-13)15(14)17(20)21;/h1-7,10,12H,8-9,18H2,(H,20,21);1H/t12-;/m1./s1. The van der Waals surface area contributed by atoms with E-state index in [2.05, 4.69) is 4.98 Å². The van der Waals surface area contributed by atoms with Crippen LogP contribution in [0, 0.1) is 0 Å². The van der Waals surface area contributed by atoms with Gasteiger partial charge >= 0.3 is 5.97 Å². The van der Waals surface area contributed by atoms with Gasteiger partial charge < -0.3 is 20.0 Å². The fraction of sp³-hybridized carbons (Fsp3) is 0.176. The first-order valence-electron chi connectivity index (χ1n) is 7.17. The molecule has 1 heterocycles. The van der Waals surface area contributed by atoms with E-state index in [1.54, 1.807) is 12.1 Å². The maximum atomic E-state index is 11.5. The van der Waals surface area contributed by atoms with Crippen LogP contribution in [0.4, 0.5) is 0 Å². The quantitative estimate of drug-likeness (QED) is 0.710. The maximum Gasteiger partial charge on any atom is 0.343 e. The van der Waals surface area contributed by atoms with Gasteiger partial charge in [-0.1, -0.05) is 30.3 Å². The Morgan fingerprint density at radius 1 is 1.25 bits per heavy atom. The summed E-state index contributed by atoms with van der Waals surface area (Å²) in [6.45, 7) is 0.203. The number of nitrogens with two attached hydrogens (primary N) is 1. The molecule has 0 fully saturated rings. The number of benzene rings is 2. The molecule has 7 heteroatoms. The topological polar surface area (TPSA) is 98.6 Å². The molecule has 0 spiro atoms. The molecule has 6 nitrogen and oxygen atoms in total. The molecule has 0 bridgehead atoms. The first kappa shape index (κ1) is 17.8. The molecule has 0 saturated carbocycles. The van der Waals surface area contributed by atoms with E-state index in [1.807, 2.05) is 30.3 Å². The lowest BCUT2D eigenvalue weighted by Crippen LogP contribution is -2.30. The van der Waals surface area contributed by atoms with Crippen molar-refractivity contribution in [3.8, 4) is 5.75 Å². The zero-order valence-electron chi connectivity index (χ0n) is 12.7. The molecule has 0 saturated heterocycles. The third kappa shape index (κ3) is 3.84. The van der Waals surface area contributed by atoms with Crippen LogP contribution in [0.25, 0.3) is 11.1 Å². The minimum atomic E-state index is -1.13. The Labute approximate surface area is 144 Å². The van der Waals surface area contributed by atoms with Crippen LogP contribution >= 0.6 is 12.4 Å². The number of hydrogen-bond donors (Lipinski definition) is 2. The number of halogens is 1. The minimum absolute atomic E-state index is 0. The molecule has 0 aliphatic rings. The van der Waals surface area contributed by atoms with Crippen molar-refractivity contribution in [1.82, 2.24) is 4.98 Å². The molecular formula is C17H17ClN2O4. The van der Waals surface area contributed by atoms with Gasteiger partial charge in [-0.15, -0.1) is 12.4 Å². The predicted octanol–water partition coefficient (Wildman–Crippen LogP) is 2.90. The molecule has 0 amide bonds. The van der Waals surface area contributed by atoms with Gasteiger partial charge in [0.05, 0.1) is 0 Å². The van der Waals surface area contributed by atoms with E-state index in [0.29, 0.717) is 11.9 Å². The fourth-order valence-corrected chi connectivity index (χ4v) is 2.41. The average molecular weight is 349 g/mol. The number of oxazole rings is 1. The fourth-order valence-electron chi connectivity index (χ4n) is 2.41. The number of rotatable bonds is 6.